The van der Waals surface area contributed by atoms with E-state index in [1.807, 2.05) is 37.7 Å². The molecule has 9 heteroatoms. The minimum Gasteiger partial charge on any atom is -0.473 e. The van der Waals surface area contributed by atoms with Crippen LogP contribution in [0.3, 0.4) is 0 Å². The van der Waals surface area contributed by atoms with Crippen molar-refractivity contribution >= 4 is 17.7 Å². The second-order valence-electron chi connectivity index (χ2n) is 12.1. The van der Waals surface area contributed by atoms with E-state index in [1.54, 1.807) is 4.90 Å². The normalized spacial score (nSPS) is 27.8. The highest BCUT2D eigenvalue weighted by Crippen LogP contribution is 2.36. The number of rotatable bonds is 14. The molecule has 3 unspecified atom stereocenters. The van der Waals surface area contributed by atoms with Gasteiger partial charge in [0.25, 0.3) is 0 Å². The second-order valence-corrected chi connectivity index (χ2v) is 13.3. The summed E-state index contributed by atoms with van der Waals surface area (Å²) in [4.78, 5) is 30.4. The van der Waals surface area contributed by atoms with Crippen molar-refractivity contribution < 1.29 is 14.3 Å². The minimum absolute atomic E-state index is 0.0141. The number of nitrogens with two attached hydrogens (primary N) is 1. The number of fused-ring (bicyclic) bond motifs is 1. The molecule has 2 heterocycles. The highest BCUT2D eigenvalue weighted by atomic mass is 32.2. The van der Waals surface area contributed by atoms with Gasteiger partial charge in [-0.15, -0.1) is 11.8 Å². The summed E-state index contributed by atoms with van der Waals surface area (Å²) >= 11 is 1.99. The molecule has 2 aliphatic heterocycles. The number of hydrogen-bond acceptors (Lipinski definition) is 8. The van der Waals surface area contributed by atoms with Crippen LogP contribution in [0.25, 0.3) is 0 Å². The van der Waals surface area contributed by atoms with Crippen LogP contribution in [0.4, 0.5) is 0 Å². The van der Waals surface area contributed by atoms with Crippen molar-refractivity contribution in [3.8, 4) is 5.75 Å². The van der Waals surface area contributed by atoms with Crippen LogP contribution in [0.5, 0.6) is 5.75 Å². The van der Waals surface area contributed by atoms with Crippen LogP contribution >= 0.6 is 11.8 Å². The SMILES string of the molecule is CCCN(COc1cccc2c1CC[C@](N)(N(CCC)CCC1=CCCS1)C2)C(=O)CC1CC(N=O)[C@H](C)C(C)O1. The minimum atomic E-state index is -0.363. The van der Waals surface area contributed by atoms with E-state index in [9.17, 15) is 9.70 Å². The van der Waals surface area contributed by atoms with Gasteiger partial charge in [-0.25, -0.2) is 0 Å². The predicted molar refractivity (Wildman–Crippen MR) is 167 cm³/mol. The van der Waals surface area contributed by atoms with Crippen LogP contribution < -0.4 is 10.5 Å². The number of allylic oxidation sites excluding steroid dienone is 1. The molecule has 1 aliphatic carbocycles. The molecule has 4 rings (SSSR count). The first-order valence-corrected chi connectivity index (χ1v) is 16.6. The fraction of sp³-hybridized carbons (Fsp3) is 0.719. The fourth-order valence-electron chi connectivity index (χ4n) is 6.49. The van der Waals surface area contributed by atoms with Crippen molar-refractivity contribution in [2.45, 2.75) is 109 Å². The van der Waals surface area contributed by atoms with Crippen LogP contribution in [0.15, 0.2) is 34.4 Å². The van der Waals surface area contributed by atoms with E-state index < -0.39 is 0 Å². The molecule has 1 amide bonds. The molecule has 0 radical (unpaired) electrons. The van der Waals surface area contributed by atoms with Gasteiger partial charge in [0, 0.05) is 37.6 Å². The molecule has 8 nitrogen and oxygen atoms in total. The van der Waals surface area contributed by atoms with E-state index in [2.05, 4.69) is 36.1 Å². The number of thioether (sulfide) groups is 1. The third kappa shape index (κ3) is 8.12. The smallest absolute Gasteiger partial charge is 0.227 e. The highest BCUT2D eigenvalue weighted by molar-refractivity contribution is 8.03. The van der Waals surface area contributed by atoms with Crippen molar-refractivity contribution in [3.05, 3.63) is 45.2 Å². The molecule has 2 N–H and O–H groups in total. The molecule has 1 aromatic carbocycles. The van der Waals surface area contributed by atoms with Gasteiger partial charge in [-0.05, 0) is 74.1 Å². The molecule has 228 valence electrons. The average Bonchev–Trinajstić information content (AvgIpc) is 3.48. The third-order valence-electron chi connectivity index (χ3n) is 9.08. The van der Waals surface area contributed by atoms with Crippen LogP contribution in [-0.4, -0.2) is 71.7 Å². The van der Waals surface area contributed by atoms with Gasteiger partial charge in [0.1, 0.15) is 5.75 Å². The van der Waals surface area contributed by atoms with Crippen molar-refractivity contribution in [3.63, 3.8) is 0 Å². The summed E-state index contributed by atoms with van der Waals surface area (Å²) < 4.78 is 12.4. The van der Waals surface area contributed by atoms with E-state index in [0.29, 0.717) is 13.0 Å². The van der Waals surface area contributed by atoms with Gasteiger partial charge >= 0.3 is 0 Å². The first-order valence-electron chi connectivity index (χ1n) is 15.6. The summed E-state index contributed by atoms with van der Waals surface area (Å²) in [6.45, 7) is 11.0. The van der Waals surface area contributed by atoms with Crippen molar-refractivity contribution in [1.82, 2.24) is 9.80 Å². The van der Waals surface area contributed by atoms with Crippen molar-refractivity contribution in [2.24, 2.45) is 16.8 Å². The Kier molecular flexibility index (Phi) is 11.7. The summed E-state index contributed by atoms with van der Waals surface area (Å²) in [5, 5.41) is 3.30. The van der Waals surface area contributed by atoms with Gasteiger partial charge in [-0.1, -0.05) is 44.2 Å². The van der Waals surface area contributed by atoms with Crippen molar-refractivity contribution in [2.75, 3.05) is 32.1 Å². The summed E-state index contributed by atoms with van der Waals surface area (Å²) in [6, 6.07) is 5.92. The topological polar surface area (TPSA) is 97.5 Å². The number of ether oxygens (including phenoxy) is 2. The van der Waals surface area contributed by atoms with Gasteiger partial charge in [0.2, 0.25) is 5.91 Å². The molecule has 1 fully saturated rings. The molecule has 0 saturated carbocycles. The number of nitrogens with zero attached hydrogens (tertiary/aromatic N) is 3. The second kappa shape index (κ2) is 15.0. The maximum atomic E-state index is 13.3. The average molecular weight is 587 g/mol. The Bertz CT molecular complexity index is 1070. The molecule has 41 heavy (non-hydrogen) atoms. The fourth-order valence-corrected chi connectivity index (χ4v) is 7.46. The zero-order valence-corrected chi connectivity index (χ0v) is 26.3. The number of carbonyl (C=O) groups excluding carboxylic acids is 1. The lowest BCUT2D eigenvalue weighted by molar-refractivity contribution is -0.142. The van der Waals surface area contributed by atoms with Crippen LogP contribution in [-0.2, 0) is 22.4 Å². The molecule has 1 saturated heterocycles. The van der Waals surface area contributed by atoms with Gasteiger partial charge in [-0.3, -0.25) is 9.69 Å². The quantitative estimate of drug-likeness (QED) is 0.215. The Labute approximate surface area is 250 Å². The number of hydrogen-bond donors (Lipinski definition) is 1. The number of nitroso groups, excluding NO2 is 1. The number of benzene rings is 1. The molecule has 0 aromatic heterocycles. The Morgan fingerprint density at radius 1 is 1.22 bits per heavy atom. The van der Waals surface area contributed by atoms with Crippen LogP contribution in [0.2, 0.25) is 0 Å². The number of amides is 1. The number of carbonyl (C=O) groups is 1. The Morgan fingerprint density at radius 3 is 2.73 bits per heavy atom. The van der Waals surface area contributed by atoms with E-state index in [4.69, 9.17) is 15.2 Å². The van der Waals surface area contributed by atoms with Gasteiger partial charge in [0.05, 0.1) is 30.3 Å². The third-order valence-corrected chi connectivity index (χ3v) is 10.3. The highest BCUT2D eigenvalue weighted by Gasteiger charge is 2.38. The van der Waals surface area contributed by atoms with Crippen molar-refractivity contribution in [1.29, 1.82) is 0 Å². The van der Waals surface area contributed by atoms with E-state index >= 15 is 0 Å². The first kappa shape index (κ1) is 32.0. The van der Waals surface area contributed by atoms with Crippen LogP contribution in [0, 0.1) is 10.8 Å². The maximum Gasteiger partial charge on any atom is 0.227 e. The first-order chi connectivity index (χ1) is 19.8. The molecule has 3 aliphatic rings. The lowest BCUT2D eigenvalue weighted by Gasteiger charge is -2.44. The largest absolute Gasteiger partial charge is 0.473 e. The predicted octanol–water partition coefficient (Wildman–Crippen LogP) is 5.87. The van der Waals surface area contributed by atoms with Crippen LogP contribution in [0.1, 0.15) is 83.8 Å². The summed E-state index contributed by atoms with van der Waals surface area (Å²) in [5.41, 5.74) is 9.22. The zero-order chi connectivity index (χ0) is 29.4. The Morgan fingerprint density at radius 2 is 2.02 bits per heavy atom. The summed E-state index contributed by atoms with van der Waals surface area (Å²) in [5.74, 6) is 2.09. The van der Waals surface area contributed by atoms with Gasteiger partial charge < -0.3 is 20.1 Å². The molecule has 0 bridgehead atoms. The molecular formula is C32H50N4O4S. The monoisotopic (exact) mass is 586 g/mol. The van der Waals surface area contributed by atoms with E-state index in [-0.39, 0.29) is 48.9 Å². The Hall–Kier alpha value is -1.94. The summed E-state index contributed by atoms with van der Waals surface area (Å²) in [7, 11) is 0. The van der Waals surface area contributed by atoms with E-state index in [1.165, 1.54) is 28.2 Å². The Balaban J connectivity index is 1.38. The molecule has 1 aromatic rings. The molecule has 5 atom stereocenters. The zero-order valence-electron chi connectivity index (χ0n) is 25.5. The van der Waals surface area contributed by atoms with E-state index in [0.717, 1.165) is 57.4 Å². The standard InChI is InChI=1S/C32H50N4O4S/c1-5-15-35(31(37)20-26-19-29(34-38)23(3)24(4)40-26)22-39-30-11-7-9-25-21-32(33,14-12-28(25)30)36(16-6-2)17-13-27-10-8-18-41-27/h7,9-11,23-24,26,29H,5-6,8,12-22,33H2,1-4H3/t23-,24?,26?,29?,32+/m1/s1. The van der Waals surface area contributed by atoms with Gasteiger partial charge in [0.15, 0.2) is 6.73 Å². The lowest BCUT2D eigenvalue weighted by Crippen LogP contribution is -2.59. The summed E-state index contributed by atoms with van der Waals surface area (Å²) in [6.07, 6.45) is 9.41. The molecule has 0 spiro atoms. The lowest BCUT2D eigenvalue weighted by atomic mass is 9.82. The maximum absolute atomic E-state index is 13.3. The molecular weight excluding hydrogens is 536 g/mol. The van der Waals surface area contributed by atoms with Gasteiger partial charge in [-0.2, -0.15) is 4.91 Å².